The maximum atomic E-state index is 13.4. The van der Waals surface area contributed by atoms with E-state index in [1.165, 1.54) is 23.1 Å². The number of thioether (sulfide) groups is 1. The SMILES string of the molecule is COc1ccc(C(=O)Nc2ccc(SC(C(=O)Nc3nc(-c4ccccc4)cs3)c3ccccc3)cc2)cc1. The van der Waals surface area contributed by atoms with Gasteiger partial charge in [0.1, 0.15) is 11.0 Å². The third kappa shape index (κ3) is 6.73. The van der Waals surface area contributed by atoms with Crippen LogP contribution in [0.15, 0.2) is 119 Å². The van der Waals surface area contributed by atoms with Crippen molar-refractivity contribution in [1.82, 2.24) is 4.98 Å². The molecule has 0 saturated carbocycles. The maximum Gasteiger partial charge on any atom is 0.255 e. The van der Waals surface area contributed by atoms with Crippen molar-refractivity contribution < 1.29 is 14.3 Å². The molecule has 1 aromatic heterocycles. The van der Waals surface area contributed by atoms with Crippen molar-refractivity contribution in [2.45, 2.75) is 10.1 Å². The molecule has 0 aliphatic heterocycles. The Morgan fingerprint density at radius 1 is 0.821 bits per heavy atom. The number of methoxy groups -OCH3 is 1. The fourth-order valence-electron chi connectivity index (χ4n) is 3.84. The van der Waals surface area contributed by atoms with E-state index in [1.54, 1.807) is 31.4 Å². The van der Waals surface area contributed by atoms with Gasteiger partial charge in [-0.2, -0.15) is 0 Å². The predicted molar refractivity (Wildman–Crippen MR) is 159 cm³/mol. The first-order valence-electron chi connectivity index (χ1n) is 12.2. The number of rotatable bonds is 9. The van der Waals surface area contributed by atoms with Gasteiger partial charge in [0.25, 0.3) is 5.91 Å². The molecular weight excluding hydrogens is 526 g/mol. The highest BCUT2D eigenvalue weighted by Gasteiger charge is 2.23. The predicted octanol–water partition coefficient (Wildman–Crippen LogP) is 7.54. The number of hydrogen-bond acceptors (Lipinski definition) is 6. The number of anilines is 2. The number of carbonyl (C=O) groups is 2. The molecule has 6 nitrogen and oxygen atoms in total. The number of amides is 2. The monoisotopic (exact) mass is 551 g/mol. The highest BCUT2D eigenvalue weighted by Crippen LogP contribution is 2.37. The molecule has 194 valence electrons. The third-order valence-electron chi connectivity index (χ3n) is 5.86. The number of nitrogens with one attached hydrogen (secondary N) is 2. The van der Waals surface area contributed by atoms with E-state index in [2.05, 4.69) is 15.6 Å². The van der Waals surface area contributed by atoms with Gasteiger partial charge < -0.3 is 15.4 Å². The lowest BCUT2D eigenvalue weighted by Crippen LogP contribution is -2.19. The molecule has 0 aliphatic carbocycles. The van der Waals surface area contributed by atoms with Crippen molar-refractivity contribution in [3.63, 3.8) is 0 Å². The van der Waals surface area contributed by atoms with Crippen molar-refractivity contribution in [1.29, 1.82) is 0 Å². The minimum absolute atomic E-state index is 0.156. The summed E-state index contributed by atoms with van der Waals surface area (Å²) in [5, 5.41) is 7.90. The number of thiazole rings is 1. The van der Waals surface area contributed by atoms with E-state index in [0.717, 1.165) is 21.7 Å². The highest BCUT2D eigenvalue weighted by molar-refractivity contribution is 8.00. The van der Waals surface area contributed by atoms with Crippen LogP contribution in [0.3, 0.4) is 0 Å². The average molecular weight is 552 g/mol. The van der Waals surface area contributed by atoms with Crippen LogP contribution < -0.4 is 15.4 Å². The lowest BCUT2D eigenvalue weighted by molar-refractivity contribution is -0.115. The summed E-state index contributed by atoms with van der Waals surface area (Å²) >= 11 is 2.84. The molecule has 0 bridgehead atoms. The molecule has 8 heteroatoms. The third-order valence-corrected chi connectivity index (χ3v) is 7.89. The zero-order chi connectivity index (χ0) is 27.0. The average Bonchev–Trinajstić information content (AvgIpc) is 3.46. The van der Waals surface area contributed by atoms with E-state index in [-0.39, 0.29) is 11.8 Å². The van der Waals surface area contributed by atoms with Gasteiger partial charge in [0.2, 0.25) is 5.91 Å². The Kier molecular flexibility index (Phi) is 8.36. The lowest BCUT2D eigenvalue weighted by atomic mass is 10.1. The van der Waals surface area contributed by atoms with Gasteiger partial charge in [-0.15, -0.1) is 23.1 Å². The Labute approximate surface area is 235 Å². The number of ether oxygens (including phenoxy) is 1. The Morgan fingerprint density at radius 3 is 2.15 bits per heavy atom. The molecule has 0 fully saturated rings. The molecule has 2 N–H and O–H groups in total. The first-order valence-corrected chi connectivity index (χ1v) is 13.9. The smallest absolute Gasteiger partial charge is 0.255 e. The van der Waals surface area contributed by atoms with Crippen molar-refractivity contribution in [2.24, 2.45) is 0 Å². The lowest BCUT2D eigenvalue weighted by Gasteiger charge is -2.16. The second-order valence-electron chi connectivity index (χ2n) is 8.51. The maximum absolute atomic E-state index is 13.4. The van der Waals surface area contributed by atoms with Crippen LogP contribution in [-0.2, 0) is 4.79 Å². The second-order valence-corrected chi connectivity index (χ2v) is 10.5. The number of hydrogen-bond donors (Lipinski definition) is 2. The fourth-order valence-corrected chi connectivity index (χ4v) is 5.59. The van der Waals surface area contributed by atoms with Gasteiger partial charge in [0, 0.05) is 27.1 Å². The fraction of sp³-hybridized carbons (Fsp3) is 0.0645. The van der Waals surface area contributed by atoms with Crippen molar-refractivity contribution >= 4 is 45.7 Å². The van der Waals surface area contributed by atoms with Crippen molar-refractivity contribution in [3.8, 4) is 17.0 Å². The number of aromatic nitrogens is 1. The summed E-state index contributed by atoms with van der Waals surface area (Å²) in [5.41, 5.74) is 3.91. The first kappa shape index (κ1) is 26.2. The largest absolute Gasteiger partial charge is 0.497 e. The molecule has 39 heavy (non-hydrogen) atoms. The molecule has 1 unspecified atom stereocenters. The van der Waals surface area contributed by atoms with E-state index in [0.29, 0.717) is 22.1 Å². The Morgan fingerprint density at radius 2 is 1.49 bits per heavy atom. The molecule has 5 rings (SSSR count). The van der Waals surface area contributed by atoms with Crippen molar-refractivity contribution in [3.05, 3.63) is 126 Å². The molecule has 0 saturated heterocycles. The summed E-state index contributed by atoms with van der Waals surface area (Å²) in [6.45, 7) is 0. The van der Waals surface area contributed by atoms with Gasteiger partial charge in [-0.05, 0) is 54.1 Å². The number of carbonyl (C=O) groups excluding carboxylic acids is 2. The molecular formula is C31H25N3O3S2. The molecule has 1 heterocycles. The van der Waals surface area contributed by atoms with E-state index < -0.39 is 5.25 Å². The van der Waals surface area contributed by atoms with E-state index in [9.17, 15) is 9.59 Å². The highest BCUT2D eigenvalue weighted by atomic mass is 32.2. The summed E-state index contributed by atoms with van der Waals surface area (Å²) < 4.78 is 5.15. The molecule has 0 aliphatic rings. The molecule has 0 radical (unpaired) electrons. The van der Waals surface area contributed by atoms with E-state index in [4.69, 9.17) is 4.74 Å². The summed E-state index contributed by atoms with van der Waals surface area (Å²) in [4.78, 5) is 31.6. The van der Waals surface area contributed by atoms with Gasteiger partial charge in [-0.1, -0.05) is 60.7 Å². The van der Waals surface area contributed by atoms with Crippen LogP contribution in [0, 0.1) is 0 Å². The number of benzene rings is 4. The Hall–Kier alpha value is -4.40. The van der Waals surface area contributed by atoms with Crippen molar-refractivity contribution in [2.75, 3.05) is 17.7 Å². The van der Waals surface area contributed by atoms with Gasteiger partial charge in [0.15, 0.2) is 5.13 Å². The van der Waals surface area contributed by atoms with Gasteiger partial charge in [-0.25, -0.2) is 4.98 Å². The van der Waals surface area contributed by atoms with Crippen LogP contribution >= 0.6 is 23.1 Å². The Bertz CT molecular complexity index is 1540. The summed E-state index contributed by atoms with van der Waals surface area (Å²) in [7, 11) is 1.58. The minimum Gasteiger partial charge on any atom is -0.497 e. The zero-order valence-electron chi connectivity index (χ0n) is 21.0. The molecule has 1 atom stereocenters. The van der Waals surface area contributed by atoms with E-state index in [1.807, 2.05) is 90.3 Å². The summed E-state index contributed by atoms with van der Waals surface area (Å²) in [6, 6.07) is 33.9. The van der Waals surface area contributed by atoms with Crippen LogP contribution in [0.5, 0.6) is 5.75 Å². The molecule has 2 amide bonds. The second kappa shape index (κ2) is 12.4. The van der Waals surface area contributed by atoms with Crippen LogP contribution in [0.1, 0.15) is 21.2 Å². The van der Waals surface area contributed by atoms with Gasteiger partial charge in [-0.3, -0.25) is 9.59 Å². The Balaban J connectivity index is 1.28. The quantitative estimate of drug-likeness (QED) is 0.185. The van der Waals surface area contributed by atoms with Crippen LogP contribution in [0.25, 0.3) is 11.3 Å². The normalized spacial score (nSPS) is 11.4. The van der Waals surface area contributed by atoms with Gasteiger partial charge in [0.05, 0.1) is 12.8 Å². The van der Waals surface area contributed by atoms with Gasteiger partial charge >= 0.3 is 0 Å². The standard InChI is InChI=1S/C31H25N3O3S2/c1-37-25-16-12-23(13-17-25)29(35)32-24-14-18-26(19-15-24)39-28(22-10-6-3-7-11-22)30(36)34-31-33-27(20-38-31)21-8-4-2-5-9-21/h2-20,28H,1H3,(H,32,35)(H,33,34,36). The van der Waals surface area contributed by atoms with Crippen LogP contribution in [0.4, 0.5) is 10.8 Å². The zero-order valence-corrected chi connectivity index (χ0v) is 22.7. The summed E-state index contributed by atoms with van der Waals surface area (Å²) in [6.07, 6.45) is 0. The number of nitrogens with zero attached hydrogens (tertiary/aromatic N) is 1. The summed E-state index contributed by atoms with van der Waals surface area (Å²) in [5.74, 6) is 0.325. The molecule has 0 spiro atoms. The molecule has 5 aromatic rings. The molecule has 4 aromatic carbocycles. The van der Waals surface area contributed by atoms with E-state index >= 15 is 0 Å². The minimum atomic E-state index is -0.491. The topological polar surface area (TPSA) is 80.3 Å². The van der Waals surface area contributed by atoms with Crippen LogP contribution in [-0.4, -0.2) is 23.9 Å². The van der Waals surface area contributed by atoms with Crippen LogP contribution in [0.2, 0.25) is 0 Å². The first-order chi connectivity index (χ1) is 19.1.